The van der Waals surface area contributed by atoms with Crippen molar-refractivity contribution in [2.75, 3.05) is 20.8 Å². The zero-order chi connectivity index (χ0) is 24.1. The number of nitrogens with zero attached hydrogens (tertiary/aromatic N) is 2. The van der Waals surface area contributed by atoms with Crippen molar-refractivity contribution in [3.8, 4) is 17.2 Å². The highest BCUT2D eigenvalue weighted by molar-refractivity contribution is 9.10. The third-order valence-electron chi connectivity index (χ3n) is 5.52. The largest absolute Gasteiger partial charge is 0.493 e. The molecular weight excluding hydrogens is 500 g/mol. The molecule has 0 saturated carbocycles. The zero-order valence-electron chi connectivity index (χ0n) is 18.7. The molecule has 0 aromatic heterocycles. The summed E-state index contributed by atoms with van der Waals surface area (Å²) >= 11 is 3.33. The molecule has 0 bridgehead atoms. The van der Waals surface area contributed by atoms with Gasteiger partial charge in [0.2, 0.25) is 0 Å². The van der Waals surface area contributed by atoms with Gasteiger partial charge in [-0.2, -0.15) is 5.10 Å². The van der Waals surface area contributed by atoms with Gasteiger partial charge in [-0.15, -0.1) is 0 Å². The van der Waals surface area contributed by atoms with Crippen LogP contribution >= 0.6 is 15.9 Å². The van der Waals surface area contributed by atoms with Crippen molar-refractivity contribution in [1.82, 2.24) is 5.01 Å². The van der Waals surface area contributed by atoms with E-state index in [0.29, 0.717) is 35.5 Å². The summed E-state index contributed by atoms with van der Waals surface area (Å²) in [6, 6.07) is 20.0. The summed E-state index contributed by atoms with van der Waals surface area (Å²) in [6.07, 6.45) is 1.22. The van der Waals surface area contributed by atoms with Gasteiger partial charge in [-0.25, -0.2) is 5.01 Å². The highest BCUT2D eigenvalue weighted by Gasteiger charge is 2.34. The van der Waals surface area contributed by atoms with E-state index in [0.717, 1.165) is 21.3 Å². The molecular formula is C26H23BrN2O5. The van der Waals surface area contributed by atoms with Gasteiger partial charge in [0, 0.05) is 10.9 Å². The van der Waals surface area contributed by atoms with Crippen LogP contribution in [0.3, 0.4) is 0 Å². The number of hydrogen-bond acceptors (Lipinski definition) is 6. The lowest BCUT2D eigenvalue weighted by Gasteiger charge is -2.23. The first-order valence-electron chi connectivity index (χ1n) is 10.6. The minimum Gasteiger partial charge on any atom is -0.493 e. The second-order valence-electron chi connectivity index (χ2n) is 7.57. The first-order valence-corrected chi connectivity index (χ1v) is 11.4. The lowest BCUT2D eigenvalue weighted by molar-refractivity contribution is -0.135. The van der Waals surface area contributed by atoms with Crippen LogP contribution in [0.15, 0.2) is 76.3 Å². The van der Waals surface area contributed by atoms with E-state index in [-0.39, 0.29) is 18.6 Å². The summed E-state index contributed by atoms with van der Waals surface area (Å²) in [7, 11) is 3.15. The van der Waals surface area contributed by atoms with Gasteiger partial charge in [-0.05, 0) is 41.5 Å². The zero-order valence-corrected chi connectivity index (χ0v) is 20.3. The van der Waals surface area contributed by atoms with Crippen LogP contribution in [-0.4, -0.2) is 43.7 Å². The molecule has 7 nitrogen and oxygen atoms in total. The van der Waals surface area contributed by atoms with Gasteiger partial charge in [0.25, 0.3) is 5.91 Å². The third-order valence-corrected chi connectivity index (χ3v) is 6.01. The molecule has 3 aromatic rings. The Balaban J connectivity index is 1.62. The third kappa shape index (κ3) is 4.97. The maximum atomic E-state index is 13.3. The number of aldehydes is 1. The quantitative estimate of drug-likeness (QED) is 0.387. The molecule has 4 rings (SSSR count). The minimum absolute atomic E-state index is 0.266. The fraction of sp³-hybridized carbons (Fsp3) is 0.192. The fourth-order valence-electron chi connectivity index (χ4n) is 3.81. The monoisotopic (exact) mass is 522 g/mol. The predicted octanol–water partition coefficient (Wildman–Crippen LogP) is 5.04. The average Bonchev–Trinajstić information content (AvgIpc) is 3.33. The highest BCUT2D eigenvalue weighted by atomic mass is 79.9. The standard InChI is InChI=1S/C26H23BrN2O5/c1-32-24-10-8-18(13-25(24)33-2)22-14-21(17-6-4-3-5-7-17)28-29(22)26(31)16-34-23-11-9-20(27)12-19(23)15-30/h3-13,15,22H,14,16H2,1-2H3. The number of ether oxygens (including phenoxy) is 3. The van der Waals surface area contributed by atoms with Crippen molar-refractivity contribution in [2.45, 2.75) is 12.5 Å². The fourth-order valence-corrected chi connectivity index (χ4v) is 4.19. The molecule has 1 amide bonds. The SMILES string of the molecule is COc1ccc(C2CC(c3ccccc3)=NN2C(=O)COc2ccc(Br)cc2C=O)cc1OC. The van der Waals surface area contributed by atoms with Crippen molar-refractivity contribution in [2.24, 2.45) is 5.10 Å². The molecule has 0 fully saturated rings. The first-order chi connectivity index (χ1) is 16.5. The Morgan fingerprint density at radius 3 is 2.47 bits per heavy atom. The number of hydrazone groups is 1. The van der Waals surface area contributed by atoms with Crippen LogP contribution in [-0.2, 0) is 4.79 Å². The minimum atomic E-state index is -0.346. The predicted molar refractivity (Wildman–Crippen MR) is 132 cm³/mol. The average molecular weight is 523 g/mol. The van der Waals surface area contributed by atoms with Gasteiger partial charge in [-0.1, -0.05) is 52.3 Å². The van der Waals surface area contributed by atoms with E-state index in [9.17, 15) is 9.59 Å². The Morgan fingerprint density at radius 1 is 1.03 bits per heavy atom. The Labute approximate surface area is 206 Å². The summed E-state index contributed by atoms with van der Waals surface area (Å²) in [5.74, 6) is 1.18. The van der Waals surface area contributed by atoms with Crippen molar-refractivity contribution >= 4 is 33.8 Å². The molecule has 34 heavy (non-hydrogen) atoms. The topological polar surface area (TPSA) is 77.4 Å². The maximum absolute atomic E-state index is 13.3. The Bertz CT molecular complexity index is 1230. The van der Waals surface area contributed by atoms with Gasteiger partial charge >= 0.3 is 0 Å². The molecule has 174 valence electrons. The summed E-state index contributed by atoms with van der Waals surface area (Å²) in [4.78, 5) is 24.7. The molecule has 0 saturated heterocycles. The lowest BCUT2D eigenvalue weighted by Crippen LogP contribution is -2.31. The first kappa shape index (κ1) is 23.5. The Morgan fingerprint density at radius 2 is 1.76 bits per heavy atom. The van der Waals surface area contributed by atoms with Crippen LogP contribution in [0.2, 0.25) is 0 Å². The van der Waals surface area contributed by atoms with Gasteiger partial charge in [0.1, 0.15) is 5.75 Å². The van der Waals surface area contributed by atoms with Gasteiger partial charge < -0.3 is 14.2 Å². The normalized spacial score (nSPS) is 15.0. The molecule has 8 heteroatoms. The van der Waals surface area contributed by atoms with Crippen LogP contribution in [0.4, 0.5) is 0 Å². The van der Waals surface area contributed by atoms with E-state index in [2.05, 4.69) is 21.0 Å². The number of amides is 1. The molecule has 0 spiro atoms. The highest BCUT2D eigenvalue weighted by Crippen LogP contribution is 2.37. The van der Waals surface area contributed by atoms with Crippen LogP contribution in [0.1, 0.15) is 33.9 Å². The van der Waals surface area contributed by atoms with E-state index in [1.807, 2.05) is 48.5 Å². The number of rotatable bonds is 8. The number of methoxy groups -OCH3 is 2. The lowest BCUT2D eigenvalue weighted by atomic mass is 9.98. The van der Waals surface area contributed by atoms with Crippen LogP contribution in [0, 0.1) is 0 Å². The molecule has 1 heterocycles. The summed E-state index contributed by atoms with van der Waals surface area (Å²) in [5, 5.41) is 6.10. The van der Waals surface area contributed by atoms with Crippen LogP contribution in [0.5, 0.6) is 17.2 Å². The maximum Gasteiger partial charge on any atom is 0.281 e. The van der Waals surface area contributed by atoms with Crippen molar-refractivity contribution in [3.05, 3.63) is 87.9 Å². The summed E-state index contributed by atoms with van der Waals surface area (Å²) < 4.78 is 17.3. The van der Waals surface area contributed by atoms with Gasteiger partial charge in [0.05, 0.1) is 31.5 Å². The van der Waals surface area contributed by atoms with Gasteiger partial charge in [0.15, 0.2) is 24.4 Å². The van der Waals surface area contributed by atoms with Crippen molar-refractivity contribution < 1.29 is 23.8 Å². The number of carbonyl (C=O) groups is 2. The molecule has 1 aliphatic heterocycles. The van der Waals surface area contributed by atoms with E-state index in [1.165, 1.54) is 5.01 Å². The molecule has 1 aliphatic rings. The smallest absolute Gasteiger partial charge is 0.281 e. The number of halogens is 1. The number of hydrogen-bond donors (Lipinski definition) is 0. The second kappa shape index (κ2) is 10.5. The Kier molecular flexibility index (Phi) is 7.27. The van der Waals surface area contributed by atoms with Crippen molar-refractivity contribution in [1.29, 1.82) is 0 Å². The molecule has 0 radical (unpaired) electrons. The van der Waals surface area contributed by atoms with E-state index in [1.54, 1.807) is 32.4 Å². The van der Waals surface area contributed by atoms with E-state index >= 15 is 0 Å². The number of benzene rings is 3. The van der Waals surface area contributed by atoms with E-state index in [4.69, 9.17) is 14.2 Å². The van der Waals surface area contributed by atoms with Crippen LogP contribution in [0.25, 0.3) is 0 Å². The molecule has 1 unspecified atom stereocenters. The number of carbonyl (C=O) groups excluding carboxylic acids is 2. The second-order valence-corrected chi connectivity index (χ2v) is 8.49. The molecule has 3 aromatic carbocycles. The Hall–Kier alpha value is -3.65. The molecule has 0 N–H and O–H groups in total. The van der Waals surface area contributed by atoms with Crippen molar-refractivity contribution in [3.63, 3.8) is 0 Å². The summed E-state index contributed by atoms with van der Waals surface area (Å²) in [5.41, 5.74) is 2.96. The summed E-state index contributed by atoms with van der Waals surface area (Å²) in [6.45, 7) is -0.266. The van der Waals surface area contributed by atoms with Crippen LogP contribution < -0.4 is 14.2 Å². The van der Waals surface area contributed by atoms with E-state index < -0.39 is 0 Å². The molecule has 0 aliphatic carbocycles. The van der Waals surface area contributed by atoms with Gasteiger partial charge in [-0.3, -0.25) is 9.59 Å². The molecule has 1 atom stereocenters.